The number of hydrogen-bond donors (Lipinski definition) is 1. The van der Waals surface area contributed by atoms with E-state index in [-0.39, 0.29) is 0 Å². The number of aromatic nitrogens is 1. The number of nitrogens with one attached hydrogen (secondary N) is 1. The van der Waals surface area contributed by atoms with Crippen molar-refractivity contribution in [3.05, 3.63) is 62.8 Å². The minimum absolute atomic E-state index is 0.433. The molecule has 1 heterocycles. The Labute approximate surface area is 143 Å². The molecule has 2 rings (SSSR count). The van der Waals surface area contributed by atoms with Gasteiger partial charge in [0.05, 0.1) is 0 Å². The molecule has 21 heavy (non-hydrogen) atoms. The van der Waals surface area contributed by atoms with Gasteiger partial charge in [0.1, 0.15) is 0 Å². The minimum Gasteiger partial charge on any atom is -0.316 e. The summed E-state index contributed by atoms with van der Waals surface area (Å²) >= 11 is 7.00. The second-order valence-corrected chi connectivity index (χ2v) is 6.96. The van der Waals surface area contributed by atoms with Crippen LogP contribution < -0.4 is 5.32 Å². The Morgan fingerprint density at radius 1 is 1.14 bits per heavy atom. The highest BCUT2D eigenvalue weighted by Crippen LogP contribution is 2.23. The van der Waals surface area contributed by atoms with E-state index in [1.165, 1.54) is 5.56 Å². The molecule has 0 amide bonds. The third kappa shape index (κ3) is 5.53. The summed E-state index contributed by atoms with van der Waals surface area (Å²) in [6.07, 6.45) is 3.97. The molecular weight excluding hydrogens is 392 g/mol. The molecule has 2 nitrogen and oxygen atoms in total. The molecule has 1 aromatic heterocycles. The van der Waals surface area contributed by atoms with Gasteiger partial charge in [-0.25, -0.2) is 0 Å². The summed E-state index contributed by atoms with van der Waals surface area (Å²) in [6, 6.07) is 12.7. The highest BCUT2D eigenvalue weighted by molar-refractivity contribution is 9.10. The van der Waals surface area contributed by atoms with Gasteiger partial charge in [-0.05, 0) is 65.1 Å². The molecule has 0 saturated carbocycles. The maximum atomic E-state index is 4.51. The van der Waals surface area contributed by atoms with Crippen LogP contribution in [0.25, 0.3) is 0 Å². The molecule has 4 heteroatoms. The molecule has 0 fully saturated rings. The average molecular weight is 412 g/mol. The third-order valence-corrected chi connectivity index (χ3v) is 4.34. The standard InChI is InChI=1S/C17H20Br2N2/c1-2-8-20-11-14(13-4-3-5-15(18)9-13)10-17-7-6-16(19)12-21-17/h3-7,9,12,14,20H,2,8,10-11H2,1H3. The summed E-state index contributed by atoms with van der Waals surface area (Å²) in [5, 5.41) is 3.53. The lowest BCUT2D eigenvalue weighted by Crippen LogP contribution is -2.24. The SMILES string of the molecule is CCCNCC(Cc1ccc(Br)cn1)c1cccc(Br)c1. The van der Waals surface area contributed by atoms with Crippen LogP contribution in [0.15, 0.2) is 51.5 Å². The Morgan fingerprint density at radius 2 is 2.00 bits per heavy atom. The predicted molar refractivity (Wildman–Crippen MR) is 95.7 cm³/mol. The lowest BCUT2D eigenvalue weighted by molar-refractivity contribution is 0.572. The number of benzene rings is 1. The highest BCUT2D eigenvalue weighted by Gasteiger charge is 2.13. The molecule has 0 aliphatic rings. The maximum Gasteiger partial charge on any atom is 0.0413 e. The van der Waals surface area contributed by atoms with Gasteiger partial charge in [0.25, 0.3) is 0 Å². The second-order valence-electron chi connectivity index (χ2n) is 5.13. The predicted octanol–water partition coefficient (Wildman–Crippen LogP) is 4.93. The van der Waals surface area contributed by atoms with Crippen LogP contribution in [0.4, 0.5) is 0 Å². The fraction of sp³-hybridized carbons (Fsp3) is 0.353. The van der Waals surface area contributed by atoms with Gasteiger partial charge in [-0.2, -0.15) is 0 Å². The van der Waals surface area contributed by atoms with E-state index < -0.39 is 0 Å². The van der Waals surface area contributed by atoms with Crippen LogP contribution in [-0.2, 0) is 6.42 Å². The van der Waals surface area contributed by atoms with Crippen molar-refractivity contribution in [3.8, 4) is 0 Å². The van der Waals surface area contributed by atoms with Crippen LogP contribution in [0.5, 0.6) is 0 Å². The van der Waals surface area contributed by atoms with Crippen molar-refractivity contribution in [2.75, 3.05) is 13.1 Å². The topological polar surface area (TPSA) is 24.9 Å². The van der Waals surface area contributed by atoms with E-state index in [9.17, 15) is 0 Å². The van der Waals surface area contributed by atoms with E-state index in [2.05, 4.69) is 85.5 Å². The van der Waals surface area contributed by atoms with Crippen molar-refractivity contribution in [3.63, 3.8) is 0 Å². The molecule has 0 spiro atoms. The fourth-order valence-corrected chi connectivity index (χ4v) is 2.95. The molecule has 0 aliphatic carbocycles. The average Bonchev–Trinajstić information content (AvgIpc) is 2.48. The Morgan fingerprint density at radius 3 is 2.67 bits per heavy atom. The van der Waals surface area contributed by atoms with Gasteiger partial charge in [-0.15, -0.1) is 0 Å². The lowest BCUT2D eigenvalue weighted by atomic mass is 9.94. The normalized spacial score (nSPS) is 12.3. The van der Waals surface area contributed by atoms with E-state index in [0.717, 1.165) is 40.6 Å². The first-order valence-electron chi connectivity index (χ1n) is 7.25. The largest absolute Gasteiger partial charge is 0.316 e. The number of rotatable bonds is 7. The van der Waals surface area contributed by atoms with E-state index in [1.807, 2.05) is 6.20 Å². The maximum absolute atomic E-state index is 4.51. The molecule has 1 aromatic carbocycles. The molecule has 1 N–H and O–H groups in total. The zero-order chi connectivity index (χ0) is 15.1. The van der Waals surface area contributed by atoms with Crippen LogP contribution in [0.2, 0.25) is 0 Å². The molecule has 1 unspecified atom stereocenters. The zero-order valence-electron chi connectivity index (χ0n) is 12.2. The van der Waals surface area contributed by atoms with Crippen molar-refractivity contribution in [1.29, 1.82) is 0 Å². The summed E-state index contributed by atoms with van der Waals surface area (Å²) in [4.78, 5) is 4.51. The smallest absolute Gasteiger partial charge is 0.0413 e. The van der Waals surface area contributed by atoms with Crippen LogP contribution in [0.3, 0.4) is 0 Å². The zero-order valence-corrected chi connectivity index (χ0v) is 15.3. The quantitative estimate of drug-likeness (QED) is 0.653. The number of halogens is 2. The summed E-state index contributed by atoms with van der Waals surface area (Å²) in [5.41, 5.74) is 2.47. The van der Waals surface area contributed by atoms with Gasteiger partial charge < -0.3 is 5.32 Å². The van der Waals surface area contributed by atoms with Gasteiger partial charge in [0.2, 0.25) is 0 Å². The van der Waals surface area contributed by atoms with Crippen molar-refractivity contribution >= 4 is 31.9 Å². The minimum atomic E-state index is 0.433. The number of pyridine rings is 1. The van der Waals surface area contributed by atoms with E-state index in [0.29, 0.717) is 5.92 Å². The fourth-order valence-electron chi connectivity index (χ4n) is 2.30. The Bertz CT molecular complexity index is 555. The summed E-state index contributed by atoms with van der Waals surface area (Å²) in [6.45, 7) is 4.22. The molecule has 0 saturated heterocycles. The Kier molecular flexibility index (Phi) is 6.87. The van der Waals surface area contributed by atoms with Crippen LogP contribution in [-0.4, -0.2) is 18.1 Å². The van der Waals surface area contributed by atoms with E-state index >= 15 is 0 Å². The van der Waals surface area contributed by atoms with Crippen molar-refractivity contribution in [1.82, 2.24) is 10.3 Å². The van der Waals surface area contributed by atoms with Crippen LogP contribution in [0, 0.1) is 0 Å². The second kappa shape index (κ2) is 8.66. The molecular formula is C17H20Br2N2. The van der Waals surface area contributed by atoms with Crippen molar-refractivity contribution < 1.29 is 0 Å². The molecule has 1 atom stereocenters. The molecule has 112 valence electrons. The first-order valence-corrected chi connectivity index (χ1v) is 8.84. The van der Waals surface area contributed by atoms with Crippen molar-refractivity contribution in [2.45, 2.75) is 25.7 Å². The Hall–Kier alpha value is -0.710. The first kappa shape index (κ1) is 16.7. The van der Waals surface area contributed by atoms with Crippen LogP contribution >= 0.6 is 31.9 Å². The van der Waals surface area contributed by atoms with Crippen LogP contribution in [0.1, 0.15) is 30.5 Å². The highest BCUT2D eigenvalue weighted by atomic mass is 79.9. The van der Waals surface area contributed by atoms with Gasteiger partial charge in [0, 0.05) is 33.3 Å². The summed E-state index contributed by atoms with van der Waals surface area (Å²) < 4.78 is 2.15. The molecule has 0 bridgehead atoms. The summed E-state index contributed by atoms with van der Waals surface area (Å²) in [7, 11) is 0. The van der Waals surface area contributed by atoms with Gasteiger partial charge in [-0.1, -0.05) is 35.0 Å². The number of nitrogens with zero attached hydrogens (tertiary/aromatic N) is 1. The van der Waals surface area contributed by atoms with Gasteiger partial charge in [0.15, 0.2) is 0 Å². The van der Waals surface area contributed by atoms with Gasteiger partial charge >= 0.3 is 0 Å². The Balaban J connectivity index is 2.13. The summed E-state index contributed by atoms with van der Waals surface area (Å²) in [5.74, 6) is 0.433. The van der Waals surface area contributed by atoms with Crippen molar-refractivity contribution in [2.24, 2.45) is 0 Å². The van der Waals surface area contributed by atoms with Gasteiger partial charge in [-0.3, -0.25) is 4.98 Å². The first-order chi connectivity index (χ1) is 10.2. The monoisotopic (exact) mass is 410 g/mol. The molecule has 0 aliphatic heterocycles. The van der Waals surface area contributed by atoms with E-state index in [4.69, 9.17) is 0 Å². The molecule has 2 aromatic rings. The van der Waals surface area contributed by atoms with E-state index in [1.54, 1.807) is 0 Å². The lowest BCUT2D eigenvalue weighted by Gasteiger charge is -2.18. The number of hydrogen-bond acceptors (Lipinski definition) is 2. The third-order valence-electron chi connectivity index (χ3n) is 3.38. The molecule has 0 radical (unpaired) electrons.